The number of carboxylic acids is 1. The Morgan fingerprint density at radius 2 is 1.95 bits per heavy atom. The molecule has 0 radical (unpaired) electrons. The number of nitrogens with one attached hydrogen (secondary N) is 1. The normalized spacial score (nSPS) is 11.4. The molecule has 0 bridgehead atoms. The lowest BCUT2D eigenvalue weighted by Gasteiger charge is -2.14. The van der Waals surface area contributed by atoms with Crippen LogP contribution in [0.4, 0.5) is 0 Å². The van der Waals surface area contributed by atoms with Gasteiger partial charge in [0.15, 0.2) is 18.1 Å². The second-order valence-electron chi connectivity index (χ2n) is 4.22. The Morgan fingerprint density at radius 1 is 1.29 bits per heavy atom. The fourth-order valence-electron chi connectivity index (χ4n) is 1.50. The van der Waals surface area contributed by atoms with Gasteiger partial charge in [0.25, 0.3) is 5.91 Å². The number of amides is 2. The molecule has 0 saturated carbocycles. The van der Waals surface area contributed by atoms with Crippen LogP contribution < -0.4 is 15.8 Å². The molecule has 0 aliphatic heterocycles. The number of hydrogen-bond acceptors (Lipinski definition) is 5. The summed E-state index contributed by atoms with van der Waals surface area (Å²) < 4.78 is 5.06. The monoisotopic (exact) mass is 296 g/mol. The van der Waals surface area contributed by atoms with Gasteiger partial charge in [-0.05, 0) is 18.6 Å². The summed E-state index contributed by atoms with van der Waals surface area (Å²) >= 11 is 0. The molecule has 0 aliphatic rings. The van der Waals surface area contributed by atoms with Crippen molar-refractivity contribution in [2.45, 2.75) is 18.9 Å². The molecule has 1 aromatic rings. The molecule has 1 atom stereocenters. The molecule has 5 N–H and O–H groups in total. The number of hydrogen-bond donors (Lipinski definition) is 4. The number of rotatable bonds is 8. The molecular weight excluding hydrogens is 280 g/mol. The third-order valence-corrected chi connectivity index (χ3v) is 2.54. The highest BCUT2D eigenvalue weighted by Gasteiger charge is 2.20. The molecular formula is C13H16N2O6. The van der Waals surface area contributed by atoms with Crippen molar-refractivity contribution in [3.05, 3.63) is 24.3 Å². The number of carbonyl (C=O) groups is 3. The third kappa shape index (κ3) is 5.81. The van der Waals surface area contributed by atoms with E-state index in [0.29, 0.717) is 0 Å². The van der Waals surface area contributed by atoms with E-state index in [2.05, 4.69) is 5.32 Å². The van der Waals surface area contributed by atoms with Crippen LogP contribution in [-0.2, 0) is 14.4 Å². The number of aromatic hydroxyl groups is 1. The zero-order valence-corrected chi connectivity index (χ0v) is 11.1. The molecule has 0 fully saturated rings. The van der Waals surface area contributed by atoms with Gasteiger partial charge in [-0.1, -0.05) is 12.1 Å². The number of nitrogens with two attached hydrogens (primary N) is 1. The molecule has 0 heterocycles. The highest BCUT2D eigenvalue weighted by molar-refractivity contribution is 5.85. The largest absolute Gasteiger partial charge is 0.504 e. The number of phenols is 1. The number of phenolic OH excluding ortho intramolecular Hbond substituents is 1. The molecule has 0 unspecified atom stereocenters. The number of carboxylic acid groups (broad SMARTS) is 1. The van der Waals surface area contributed by atoms with Gasteiger partial charge in [-0.15, -0.1) is 0 Å². The number of benzene rings is 1. The average Bonchev–Trinajstić information content (AvgIpc) is 2.42. The number of aliphatic carboxylic acids is 1. The Kier molecular flexibility index (Phi) is 5.99. The van der Waals surface area contributed by atoms with Crippen molar-refractivity contribution in [3.63, 3.8) is 0 Å². The molecule has 1 aromatic carbocycles. The zero-order chi connectivity index (χ0) is 15.8. The van der Waals surface area contributed by atoms with E-state index in [1.807, 2.05) is 0 Å². The van der Waals surface area contributed by atoms with Gasteiger partial charge < -0.3 is 26.0 Å². The molecule has 0 aromatic heterocycles. The van der Waals surface area contributed by atoms with Gasteiger partial charge in [-0.25, -0.2) is 4.79 Å². The fraction of sp³-hybridized carbons (Fsp3) is 0.308. The molecule has 21 heavy (non-hydrogen) atoms. The molecule has 8 heteroatoms. The lowest BCUT2D eigenvalue weighted by Crippen LogP contribution is -2.43. The summed E-state index contributed by atoms with van der Waals surface area (Å²) in [5.74, 6) is -2.63. The van der Waals surface area contributed by atoms with Crippen molar-refractivity contribution in [1.82, 2.24) is 5.32 Å². The molecule has 114 valence electrons. The molecule has 0 saturated heterocycles. The van der Waals surface area contributed by atoms with Crippen molar-refractivity contribution in [3.8, 4) is 11.5 Å². The van der Waals surface area contributed by atoms with E-state index in [0.717, 1.165) is 0 Å². The van der Waals surface area contributed by atoms with E-state index in [1.165, 1.54) is 12.1 Å². The van der Waals surface area contributed by atoms with Crippen LogP contribution in [0.1, 0.15) is 12.8 Å². The van der Waals surface area contributed by atoms with Crippen LogP contribution in [0.5, 0.6) is 11.5 Å². The first-order chi connectivity index (χ1) is 9.90. The second-order valence-corrected chi connectivity index (χ2v) is 4.22. The van der Waals surface area contributed by atoms with Crippen LogP contribution in [0.15, 0.2) is 24.3 Å². The molecule has 8 nitrogen and oxygen atoms in total. The summed E-state index contributed by atoms with van der Waals surface area (Å²) in [6, 6.07) is 4.83. The van der Waals surface area contributed by atoms with Crippen LogP contribution in [-0.4, -0.2) is 40.6 Å². The first-order valence-electron chi connectivity index (χ1n) is 6.11. The van der Waals surface area contributed by atoms with Gasteiger partial charge >= 0.3 is 5.97 Å². The van der Waals surface area contributed by atoms with Crippen molar-refractivity contribution >= 4 is 17.8 Å². The third-order valence-electron chi connectivity index (χ3n) is 2.54. The SMILES string of the molecule is NC(=O)CC[C@@H](NC(=O)COc1ccccc1O)C(=O)O. The minimum absolute atomic E-state index is 0.104. The molecule has 1 rings (SSSR count). The van der Waals surface area contributed by atoms with E-state index in [4.69, 9.17) is 15.6 Å². The summed E-state index contributed by atoms with van der Waals surface area (Å²) in [4.78, 5) is 33.1. The number of ether oxygens (including phenoxy) is 1. The van der Waals surface area contributed by atoms with Gasteiger partial charge in [0.1, 0.15) is 6.04 Å². The Balaban J connectivity index is 2.49. The molecule has 2 amide bonds. The number of para-hydroxylation sites is 2. The average molecular weight is 296 g/mol. The maximum absolute atomic E-state index is 11.6. The number of carbonyl (C=O) groups excluding carboxylic acids is 2. The van der Waals surface area contributed by atoms with Crippen molar-refractivity contribution in [1.29, 1.82) is 0 Å². The smallest absolute Gasteiger partial charge is 0.326 e. The van der Waals surface area contributed by atoms with Crippen LogP contribution in [0.25, 0.3) is 0 Å². The molecule has 0 aliphatic carbocycles. The highest BCUT2D eigenvalue weighted by Crippen LogP contribution is 2.23. The maximum atomic E-state index is 11.6. The van der Waals surface area contributed by atoms with E-state index in [1.54, 1.807) is 12.1 Å². The van der Waals surface area contributed by atoms with E-state index in [-0.39, 0.29) is 24.3 Å². The summed E-state index contributed by atoms with van der Waals surface area (Å²) in [5, 5.41) is 20.6. The lowest BCUT2D eigenvalue weighted by molar-refractivity contribution is -0.142. The van der Waals surface area contributed by atoms with Crippen molar-refractivity contribution in [2.75, 3.05) is 6.61 Å². The van der Waals surface area contributed by atoms with Crippen molar-refractivity contribution < 1.29 is 29.3 Å². The summed E-state index contributed by atoms with van der Waals surface area (Å²) in [5.41, 5.74) is 4.93. The van der Waals surface area contributed by atoms with E-state index in [9.17, 15) is 19.5 Å². The topological polar surface area (TPSA) is 139 Å². The van der Waals surface area contributed by atoms with Crippen molar-refractivity contribution in [2.24, 2.45) is 5.73 Å². The second kappa shape index (κ2) is 7.73. The Morgan fingerprint density at radius 3 is 2.52 bits per heavy atom. The van der Waals surface area contributed by atoms with Gasteiger partial charge in [0, 0.05) is 6.42 Å². The quantitative estimate of drug-likeness (QED) is 0.515. The Labute approximate surface area is 120 Å². The lowest BCUT2D eigenvalue weighted by atomic mass is 10.1. The summed E-state index contributed by atoms with van der Waals surface area (Å²) in [6.45, 7) is -0.460. The highest BCUT2D eigenvalue weighted by atomic mass is 16.5. The first-order valence-corrected chi connectivity index (χ1v) is 6.11. The van der Waals surface area contributed by atoms with Crippen LogP contribution in [0, 0.1) is 0 Å². The van der Waals surface area contributed by atoms with Gasteiger partial charge in [-0.2, -0.15) is 0 Å². The van der Waals surface area contributed by atoms with Crippen LogP contribution in [0.2, 0.25) is 0 Å². The van der Waals surface area contributed by atoms with E-state index >= 15 is 0 Å². The predicted molar refractivity (Wildman–Crippen MR) is 71.6 cm³/mol. The first kappa shape index (κ1) is 16.3. The minimum Gasteiger partial charge on any atom is -0.504 e. The van der Waals surface area contributed by atoms with Gasteiger partial charge in [0.05, 0.1) is 0 Å². The van der Waals surface area contributed by atoms with Crippen LogP contribution >= 0.6 is 0 Å². The molecule has 0 spiro atoms. The maximum Gasteiger partial charge on any atom is 0.326 e. The van der Waals surface area contributed by atoms with Gasteiger partial charge in [-0.3, -0.25) is 9.59 Å². The summed E-state index contributed by atoms with van der Waals surface area (Å²) in [7, 11) is 0. The summed E-state index contributed by atoms with van der Waals surface area (Å²) in [6.07, 6.45) is -0.259. The minimum atomic E-state index is -1.27. The van der Waals surface area contributed by atoms with E-state index < -0.39 is 30.4 Å². The Hall–Kier alpha value is -2.77. The standard InChI is InChI=1S/C13H16N2O6/c14-11(17)6-5-8(13(19)20)15-12(18)7-21-10-4-2-1-3-9(10)16/h1-4,8,16H,5-7H2,(H2,14,17)(H,15,18)(H,19,20)/t8-/m1/s1. The Bertz CT molecular complexity index is 531. The van der Waals surface area contributed by atoms with Gasteiger partial charge in [0.2, 0.25) is 5.91 Å². The zero-order valence-electron chi connectivity index (χ0n) is 11.1. The predicted octanol–water partition coefficient (Wildman–Crippen LogP) is -0.394. The number of primary amides is 1. The fourth-order valence-corrected chi connectivity index (χ4v) is 1.50. The van der Waals surface area contributed by atoms with Crippen LogP contribution in [0.3, 0.4) is 0 Å².